The third-order valence-electron chi connectivity index (χ3n) is 3.90. The molecule has 1 fully saturated rings. The molecule has 1 atom stereocenters. The van der Waals surface area contributed by atoms with Crippen LogP contribution in [0.25, 0.3) is 0 Å². The van der Waals surface area contributed by atoms with Crippen LogP contribution in [0.15, 0.2) is 22.8 Å². The first-order valence-corrected chi connectivity index (χ1v) is 6.18. The van der Waals surface area contributed by atoms with Crippen LogP contribution < -0.4 is 5.73 Å². The summed E-state index contributed by atoms with van der Waals surface area (Å²) in [7, 11) is 0. The van der Waals surface area contributed by atoms with Gasteiger partial charge in [-0.1, -0.05) is 6.92 Å². The summed E-state index contributed by atoms with van der Waals surface area (Å²) >= 11 is 0. The topological polar surface area (TPSA) is 42.4 Å². The Balaban J connectivity index is 2.08. The molecule has 1 aliphatic rings. The van der Waals surface area contributed by atoms with Gasteiger partial charge in [-0.15, -0.1) is 0 Å². The predicted molar refractivity (Wildman–Crippen MR) is 65.0 cm³/mol. The Hall–Kier alpha value is -0.800. The first-order chi connectivity index (χ1) is 7.70. The number of likely N-dealkylation sites (N-methyl/N-ethyl adjacent to an activating group) is 1. The van der Waals surface area contributed by atoms with Crippen LogP contribution in [0.2, 0.25) is 0 Å². The monoisotopic (exact) mass is 222 g/mol. The minimum Gasteiger partial charge on any atom is -0.468 e. The highest BCUT2D eigenvalue weighted by Crippen LogP contribution is 2.42. The summed E-state index contributed by atoms with van der Waals surface area (Å²) in [4.78, 5) is 2.45. The zero-order valence-corrected chi connectivity index (χ0v) is 10.3. The van der Waals surface area contributed by atoms with Crippen molar-refractivity contribution in [2.45, 2.75) is 38.8 Å². The summed E-state index contributed by atoms with van der Waals surface area (Å²) in [5.41, 5.74) is 6.12. The second-order valence-electron chi connectivity index (χ2n) is 4.93. The van der Waals surface area contributed by atoms with Crippen LogP contribution in [-0.4, -0.2) is 23.5 Å². The van der Waals surface area contributed by atoms with Gasteiger partial charge >= 0.3 is 0 Å². The van der Waals surface area contributed by atoms with Gasteiger partial charge in [-0.3, -0.25) is 4.90 Å². The van der Waals surface area contributed by atoms with E-state index in [1.807, 2.05) is 12.1 Å². The summed E-state index contributed by atoms with van der Waals surface area (Å²) in [6, 6.07) is 3.98. The van der Waals surface area contributed by atoms with E-state index < -0.39 is 0 Å². The third kappa shape index (κ3) is 2.15. The van der Waals surface area contributed by atoms with Crippen molar-refractivity contribution in [3.8, 4) is 0 Å². The van der Waals surface area contributed by atoms with Crippen LogP contribution in [0, 0.1) is 5.92 Å². The van der Waals surface area contributed by atoms with Gasteiger partial charge in [0, 0.05) is 12.1 Å². The molecule has 90 valence electrons. The molecule has 1 unspecified atom stereocenters. The van der Waals surface area contributed by atoms with Crippen molar-refractivity contribution < 1.29 is 4.42 Å². The van der Waals surface area contributed by atoms with Crippen molar-refractivity contribution in [2.75, 3.05) is 13.1 Å². The molecule has 16 heavy (non-hydrogen) atoms. The highest BCUT2D eigenvalue weighted by molar-refractivity contribution is 5.04. The number of hydrogen-bond donors (Lipinski definition) is 1. The quantitative estimate of drug-likeness (QED) is 0.802. The zero-order valence-electron chi connectivity index (χ0n) is 10.3. The van der Waals surface area contributed by atoms with Gasteiger partial charge in [-0.25, -0.2) is 0 Å². The largest absolute Gasteiger partial charge is 0.468 e. The van der Waals surface area contributed by atoms with Crippen molar-refractivity contribution in [2.24, 2.45) is 11.7 Å². The Labute approximate surface area is 97.6 Å². The standard InChI is InChI=1S/C13H22N2O/c1-3-15(9-12-5-4-8-16-12)13(2,10-14)11-6-7-11/h4-5,8,11H,3,6-7,9-10,14H2,1-2H3. The van der Waals surface area contributed by atoms with Crippen LogP contribution in [0.5, 0.6) is 0 Å². The van der Waals surface area contributed by atoms with E-state index >= 15 is 0 Å². The molecule has 1 saturated carbocycles. The number of rotatable bonds is 6. The fourth-order valence-electron chi connectivity index (χ4n) is 2.50. The molecule has 0 bridgehead atoms. The van der Waals surface area contributed by atoms with Crippen LogP contribution in [-0.2, 0) is 6.54 Å². The van der Waals surface area contributed by atoms with E-state index in [4.69, 9.17) is 10.2 Å². The van der Waals surface area contributed by atoms with Crippen molar-refractivity contribution in [1.82, 2.24) is 4.90 Å². The summed E-state index contributed by atoms with van der Waals surface area (Å²) in [5, 5.41) is 0. The molecule has 3 heteroatoms. The maximum Gasteiger partial charge on any atom is 0.117 e. The molecule has 1 heterocycles. The SMILES string of the molecule is CCN(Cc1ccco1)C(C)(CN)C1CC1. The number of nitrogens with zero attached hydrogens (tertiary/aromatic N) is 1. The molecule has 0 spiro atoms. The average molecular weight is 222 g/mol. The maximum absolute atomic E-state index is 5.98. The number of furan rings is 1. The fraction of sp³-hybridized carbons (Fsp3) is 0.692. The average Bonchev–Trinajstić information content (AvgIpc) is 3.04. The summed E-state index contributed by atoms with van der Waals surface area (Å²) in [6.07, 6.45) is 4.38. The normalized spacial score (nSPS) is 20.0. The van der Waals surface area contributed by atoms with E-state index in [1.54, 1.807) is 6.26 Å². The molecule has 1 aliphatic carbocycles. The van der Waals surface area contributed by atoms with Gasteiger partial charge in [-0.05, 0) is 44.4 Å². The lowest BCUT2D eigenvalue weighted by Gasteiger charge is -2.40. The predicted octanol–water partition coefficient (Wildman–Crippen LogP) is 2.23. The molecule has 0 radical (unpaired) electrons. The van der Waals surface area contributed by atoms with Crippen LogP contribution in [0.3, 0.4) is 0 Å². The smallest absolute Gasteiger partial charge is 0.117 e. The second-order valence-corrected chi connectivity index (χ2v) is 4.93. The van der Waals surface area contributed by atoms with E-state index in [0.717, 1.165) is 31.3 Å². The van der Waals surface area contributed by atoms with Gasteiger partial charge in [0.2, 0.25) is 0 Å². The van der Waals surface area contributed by atoms with E-state index in [-0.39, 0.29) is 5.54 Å². The van der Waals surface area contributed by atoms with E-state index in [0.29, 0.717) is 0 Å². The van der Waals surface area contributed by atoms with Gasteiger partial charge in [0.05, 0.1) is 12.8 Å². The maximum atomic E-state index is 5.98. The lowest BCUT2D eigenvalue weighted by Crippen LogP contribution is -2.52. The van der Waals surface area contributed by atoms with Gasteiger partial charge in [0.15, 0.2) is 0 Å². The summed E-state index contributed by atoms with van der Waals surface area (Å²) < 4.78 is 5.42. The molecule has 1 aromatic heterocycles. The highest BCUT2D eigenvalue weighted by Gasteiger charge is 2.44. The molecule has 0 aliphatic heterocycles. The van der Waals surface area contributed by atoms with Gasteiger partial charge in [0.1, 0.15) is 5.76 Å². The summed E-state index contributed by atoms with van der Waals surface area (Å²) in [6.45, 7) is 7.10. The Kier molecular flexibility index (Phi) is 3.36. The Morgan fingerprint density at radius 2 is 2.31 bits per heavy atom. The highest BCUT2D eigenvalue weighted by atomic mass is 16.3. The fourth-order valence-corrected chi connectivity index (χ4v) is 2.50. The lowest BCUT2D eigenvalue weighted by molar-refractivity contribution is 0.0795. The first kappa shape index (κ1) is 11.7. The molecule has 2 rings (SSSR count). The molecule has 3 nitrogen and oxygen atoms in total. The zero-order chi connectivity index (χ0) is 11.6. The van der Waals surface area contributed by atoms with Gasteiger partial charge in [-0.2, -0.15) is 0 Å². The van der Waals surface area contributed by atoms with E-state index in [1.165, 1.54) is 12.8 Å². The molecule has 1 aromatic rings. The van der Waals surface area contributed by atoms with Crippen molar-refractivity contribution in [3.63, 3.8) is 0 Å². The van der Waals surface area contributed by atoms with E-state index in [9.17, 15) is 0 Å². The molecular formula is C13H22N2O. The van der Waals surface area contributed by atoms with Crippen LogP contribution >= 0.6 is 0 Å². The lowest BCUT2D eigenvalue weighted by atomic mass is 9.93. The van der Waals surface area contributed by atoms with Crippen LogP contribution in [0.1, 0.15) is 32.4 Å². The molecule has 2 N–H and O–H groups in total. The molecule has 0 saturated heterocycles. The minimum absolute atomic E-state index is 0.140. The molecule has 0 aromatic carbocycles. The van der Waals surface area contributed by atoms with Crippen molar-refractivity contribution >= 4 is 0 Å². The number of nitrogens with two attached hydrogens (primary N) is 1. The molecular weight excluding hydrogens is 200 g/mol. The Morgan fingerprint density at radius 3 is 2.75 bits per heavy atom. The van der Waals surface area contributed by atoms with Crippen molar-refractivity contribution in [3.05, 3.63) is 24.2 Å². The Bertz CT molecular complexity index is 319. The molecule has 0 amide bonds. The number of hydrogen-bond acceptors (Lipinski definition) is 3. The first-order valence-electron chi connectivity index (χ1n) is 6.18. The van der Waals surface area contributed by atoms with E-state index in [2.05, 4.69) is 18.7 Å². The third-order valence-corrected chi connectivity index (χ3v) is 3.90. The Morgan fingerprint density at radius 1 is 1.56 bits per heavy atom. The van der Waals surface area contributed by atoms with Crippen molar-refractivity contribution in [1.29, 1.82) is 0 Å². The van der Waals surface area contributed by atoms with Gasteiger partial charge < -0.3 is 10.2 Å². The van der Waals surface area contributed by atoms with Gasteiger partial charge in [0.25, 0.3) is 0 Å². The second kappa shape index (κ2) is 4.60. The minimum atomic E-state index is 0.140. The summed E-state index contributed by atoms with van der Waals surface area (Å²) in [5.74, 6) is 1.80. The van der Waals surface area contributed by atoms with Crippen LogP contribution in [0.4, 0.5) is 0 Å².